The molecule has 0 bridgehead atoms. The Morgan fingerprint density at radius 2 is 1.83 bits per heavy atom. The van der Waals surface area contributed by atoms with E-state index in [9.17, 15) is 24.6 Å². The summed E-state index contributed by atoms with van der Waals surface area (Å²) in [4.78, 5) is 42.5. The predicted molar refractivity (Wildman–Crippen MR) is 150 cm³/mol. The Hall–Kier alpha value is -4.48. The van der Waals surface area contributed by atoms with Gasteiger partial charge in [-0.05, 0) is 65.1 Å². The molecule has 3 aromatic carbocycles. The summed E-state index contributed by atoms with van der Waals surface area (Å²) in [5, 5.41) is 30.6. The number of nitrogens with zero attached hydrogens (tertiary/aromatic N) is 3. The zero-order valence-corrected chi connectivity index (χ0v) is 23.0. The van der Waals surface area contributed by atoms with Crippen LogP contribution in [0.5, 0.6) is 0 Å². The van der Waals surface area contributed by atoms with Gasteiger partial charge in [-0.3, -0.25) is 9.59 Å². The number of halogens is 1. The number of nitrogens with one attached hydrogen (secondary N) is 1. The molecule has 0 aliphatic carbocycles. The van der Waals surface area contributed by atoms with Crippen LogP contribution < -0.4 is 10.2 Å². The van der Waals surface area contributed by atoms with E-state index < -0.39 is 30.0 Å². The van der Waals surface area contributed by atoms with Gasteiger partial charge in [0.05, 0.1) is 0 Å². The number of aliphatic hydroxyl groups excluding tert-OH is 1. The number of ether oxygens (including phenoxy) is 1. The van der Waals surface area contributed by atoms with Crippen LogP contribution in [0.3, 0.4) is 0 Å². The van der Waals surface area contributed by atoms with E-state index in [-0.39, 0.29) is 31.6 Å². The first kappa shape index (κ1) is 29.5. The van der Waals surface area contributed by atoms with E-state index in [1.807, 2.05) is 49.4 Å². The van der Waals surface area contributed by atoms with Crippen molar-refractivity contribution in [2.24, 2.45) is 0 Å². The summed E-state index contributed by atoms with van der Waals surface area (Å²) in [5.74, 6) is -2.29. The Bertz CT molecular complexity index is 1520. The summed E-state index contributed by atoms with van der Waals surface area (Å²) in [6, 6.07) is 19.0. The van der Waals surface area contributed by atoms with Crippen molar-refractivity contribution in [2.45, 2.75) is 44.8 Å². The first-order valence-electron chi connectivity index (χ1n) is 12.9. The first-order valence-corrected chi connectivity index (χ1v) is 13.3. The highest BCUT2D eigenvalue weighted by molar-refractivity contribution is 6.30. The summed E-state index contributed by atoms with van der Waals surface area (Å²) in [5.41, 5.74) is 3.77. The molecule has 4 rings (SSSR count). The number of esters is 1. The second kappa shape index (κ2) is 13.7. The Labute approximate surface area is 240 Å². The molecule has 0 aliphatic rings. The number of carboxylic acids is 1. The van der Waals surface area contributed by atoms with Crippen LogP contribution in [0.4, 0.5) is 0 Å². The van der Waals surface area contributed by atoms with Crippen molar-refractivity contribution >= 4 is 40.5 Å². The van der Waals surface area contributed by atoms with Crippen molar-refractivity contribution < 1.29 is 34.2 Å². The molecule has 2 atom stereocenters. The number of carbonyl (C=O) groups excluding carboxylic acids is 2. The molecule has 12 heteroatoms. The molecule has 0 radical (unpaired) electrons. The number of hydrogen-bond acceptors (Lipinski definition) is 8. The van der Waals surface area contributed by atoms with Gasteiger partial charge in [-0.15, -0.1) is 5.10 Å². The number of aliphatic carboxylic acids is 1. The number of fused-ring (bicyclic) bond motifs is 1. The maximum absolute atomic E-state index is 13.2. The second-order valence-corrected chi connectivity index (χ2v) is 9.79. The van der Waals surface area contributed by atoms with E-state index in [1.54, 1.807) is 18.2 Å². The molecule has 0 aliphatic heterocycles. The van der Waals surface area contributed by atoms with Gasteiger partial charge in [0.1, 0.15) is 11.0 Å². The molecule has 41 heavy (non-hydrogen) atoms. The van der Waals surface area contributed by atoms with Crippen molar-refractivity contribution in [1.29, 1.82) is 0 Å². The molecular formula is C29H29ClN4O7. The number of hydrogen-bond donors (Lipinski definition) is 3. The maximum atomic E-state index is 13.2. The highest BCUT2D eigenvalue weighted by Crippen LogP contribution is 2.24. The molecule has 1 amide bonds. The standard InChI is InChI=1S/C29H29ClN4O7/c1-2-4-27(36)40-17-41-34-25-15-21(11-12-24(25)32-33-34)28(37)31-23(16-26(35)29(38)39)13-18-7-9-19(10-8-18)20-5-3-6-22(30)14-20/h3,5-12,14-15,23,26,35H,2,4,13,16-17H2,1H3,(H,31,37)(H,38,39)/t23-,26-/m1/s1. The molecule has 0 fully saturated rings. The van der Waals surface area contributed by atoms with Crippen LogP contribution in [-0.4, -0.2) is 62.2 Å². The van der Waals surface area contributed by atoms with Gasteiger partial charge in [0.25, 0.3) is 12.7 Å². The summed E-state index contributed by atoms with van der Waals surface area (Å²) in [6.45, 7) is 1.48. The summed E-state index contributed by atoms with van der Waals surface area (Å²) in [7, 11) is 0. The lowest BCUT2D eigenvalue weighted by Crippen LogP contribution is -2.40. The van der Waals surface area contributed by atoms with Crippen LogP contribution in [0.15, 0.2) is 66.7 Å². The second-order valence-electron chi connectivity index (χ2n) is 9.35. The highest BCUT2D eigenvalue weighted by atomic mass is 35.5. The van der Waals surface area contributed by atoms with Gasteiger partial charge in [-0.2, -0.15) is 0 Å². The van der Waals surface area contributed by atoms with Crippen LogP contribution >= 0.6 is 11.6 Å². The molecular weight excluding hydrogens is 552 g/mol. The number of benzene rings is 3. The number of carboxylic acid groups (broad SMARTS) is 1. The zero-order valence-electron chi connectivity index (χ0n) is 22.2. The van der Waals surface area contributed by atoms with Gasteiger partial charge < -0.3 is 25.1 Å². The van der Waals surface area contributed by atoms with Gasteiger partial charge in [0.15, 0.2) is 6.10 Å². The lowest BCUT2D eigenvalue weighted by atomic mass is 9.97. The minimum absolute atomic E-state index is 0.203. The van der Waals surface area contributed by atoms with Crippen molar-refractivity contribution in [3.8, 4) is 11.1 Å². The Kier molecular flexibility index (Phi) is 9.88. The largest absolute Gasteiger partial charge is 0.479 e. The molecule has 3 N–H and O–H groups in total. The van der Waals surface area contributed by atoms with Crippen LogP contribution in [0.25, 0.3) is 22.2 Å². The van der Waals surface area contributed by atoms with Gasteiger partial charge in [-0.25, -0.2) is 4.79 Å². The quantitative estimate of drug-likeness (QED) is 0.159. The van der Waals surface area contributed by atoms with Gasteiger partial charge in [-0.1, -0.05) is 59.8 Å². The van der Waals surface area contributed by atoms with E-state index >= 15 is 0 Å². The number of aromatic nitrogens is 3. The summed E-state index contributed by atoms with van der Waals surface area (Å²) < 4.78 is 4.98. The number of amides is 1. The third kappa shape index (κ3) is 8.03. The maximum Gasteiger partial charge on any atom is 0.332 e. The Balaban J connectivity index is 1.47. The van der Waals surface area contributed by atoms with Crippen molar-refractivity contribution in [3.63, 3.8) is 0 Å². The molecule has 0 saturated heterocycles. The van der Waals surface area contributed by atoms with Crippen molar-refractivity contribution in [1.82, 2.24) is 20.5 Å². The molecule has 0 spiro atoms. The molecule has 11 nitrogen and oxygen atoms in total. The average Bonchev–Trinajstić information content (AvgIpc) is 3.35. The molecule has 4 aromatic rings. The SMILES string of the molecule is CCCC(=O)OCOn1nnc2ccc(C(=O)N[C@H](Cc3ccc(-c4cccc(Cl)c4)cc3)C[C@@H](O)C(=O)O)cc21. The fourth-order valence-electron chi connectivity index (χ4n) is 4.17. The molecule has 214 valence electrons. The number of rotatable bonds is 13. The minimum atomic E-state index is -1.66. The van der Waals surface area contributed by atoms with Gasteiger partial charge >= 0.3 is 11.9 Å². The fraction of sp³-hybridized carbons (Fsp3) is 0.276. The monoisotopic (exact) mass is 580 g/mol. The molecule has 0 unspecified atom stereocenters. The third-order valence-electron chi connectivity index (χ3n) is 6.25. The zero-order chi connectivity index (χ0) is 29.4. The predicted octanol–water partition coefficient (Wildman–Crippen LogP) is 3.66. The molecule has 0 saturated carbocycles. The summed E-state index contributed by atoms with van der Waals surface area (Å²) in [6.07, 6.45) is -0.689. The van der Waals surface area contributed by atoms with Gasteiger partial charge in [0.2, 0.25) is 0 Å². The first-order chi connectivity index (χ1) is 19.7. The van der Waals surface area contributed by atoms with Gasteiger partial charge in [0, 0.05) is 29.5 Å². The Morgan fingerprint density at radius 1 is 1.05 bits per heavy atom. The van der Waals surface area contributed by atoms with E-state index in [1.165, 1.54) is 6.07 Å². The molecule has 1 heterocycles. The minimum Gasteiger partial charge on any atom is -0.479 e. The van der Waals surface area contributed by atoms with Crippen molar-refractivity contribution in [3.05, 3.63) is 82.9 Å². The number of aliphatic hydroxyl groups is 1. The Morgan fingerprint density at radius 3 is 2.54 bits per heavy atom. The topological polar surface area (TPSA) is 153 Å². The third-order valence-corrected chi connectivity index (χ3v) is 6.48. The van der Waals surface area contributed by atoms with Crippen LogP contribution in [0, 0.1) is 0 Å². The van der Waals surface area contributed by atoms with Crippen LogP contribution in [0.1, 0.15) is 42.1 Å². The lowest BCUT2D eigenvalue weighted by Gasteiger charge is -2.21. The fourth-order valence-corrected chi connectivity index (χ4v) is 4.36. The smallest absolute Gasteiger partial charge is 0.332 e. The lowest BCUT2D eigenvalue weighted by molar-refractivity contribution is -0.157. The van der Waals surface area contributed by atoms with Crippen LogP contribution in [-0.2, 0) is 20.7 Å². The summed E-state index contributed by atoms with van der Waals surface area (Å²) >= 11 is 6.10. The highest BCUT2D eigenvalue weighted by Gasteiger charge is 2.23. The average molecular weight is 581 g/mol. The van der Waals surface area contributed by atoms with Crippen molar-refractivity contribution in [2.75, 3.05) is 6.79 Å². The van der Waals surface area contributed by atoms with E-state index in [2.05, 4.69) is 15.6 Å². The molecule has 1 aromatic heterocycles. The van der Waals surface area contributed by atoms with E-state index in [4.69, 9.17) is 21.2 Å². The van der Waals surface area contributed by atoms with E-state index in [0.717, 1.165) is 21.5 Å². The van der Waals surface area contributed by atoms with Crippen LogP contribution in [0.2, 0.25) is 5.02 Å². The number of carbonyl (C=O) groups is 3. The normalized spacial score (nSPS) is 12.5. The van der Waals surface area contributed by atoms with E-state index in [0.29, 0.717) is 22.5 Å².